The molecule has 1 aromatic heterocycles. The van der Waals surface area contributed by atoms with Crippen molar-refractivity contribution in [2.75, 3.05) is 5.73 Å². The first-order valence-corrected chi connectivity index (χ1v) is 5.17. The van der Waals surface area contributed by atoms with Crippen LogP contribution in [0.1, 0.15) is 11.7 Å². The van der Waals surface area contributed by atoms with Gasteiger partial charge >= 0.3 is 0 Å². The first-order valence-electron chi connectivity index (χ1n) is 5.17. The van der Waals surface area contributed by atoms with Crippen LogP contribution in [0.2, 0.25) is 0 Å². The molecular weight excluding hydrogens is 236 g/mol. The molecule has 0 radical (unpaired) electrons. The SMILES string of the molecule is NC(=O)C(O)C(O)c1c(N)ccc2nccnc12. The maximum atomic E-state index is 10.9. The Balaban J connectivity index is 2.62. The van der Waals surface area contributed by atoms with Gasteiger partial charge in [-0.25, -0.2) is 0 Å². The van der Waals surface area contributed by atoms with Crippen LogP contribution in [-0.2, 0) is 4.79 Å². The van der Waals surface area contributed by atoms with Gasteiger partial charge in [0.2, 0.25) is 5.91 Å². The molecular formula is C11H12N4O3. The summed E-state index contributed by atoms with van der Waals surface area (Å²) in [6.07, 6.45) is -0.379. The fraction of sp³-hybridized carbons (Fsp3) is 0.182. The minimum absolute atomic E-state index is 0.145. The molecule has 1 heterocycles. The van der Waals surface area contributed by atoms with E-state index in [9.17, 15) is 15.0 Å². The maximum absolute atomic E-state index is 10.9. The topological polar surface area (TPSA) is 135 Å². The van der Waals surface area contributed by atoms with Crippen molar-refractivity contribution in [2.45, 2.75) is 12.2 Å². The lowest BCUT2D eigenvalue weighted by atomic mass is 10.00. The molecule has 0 saturated carbocycles. The number of nitrogens with zero attached hydrogens (tertiary/aromatic N) is 2. The van der Waals surface area contributed by atoms with Crippen molar-refractivity contribution in [3.8, 4) is 0 Å². The fourth-order valence-corrected chi connectivity index (χ4v) is 1.70. The molecule has 6 N–H and O–H groups in total. The molecule has 18 heavy (non-hydrogen) atoms. The Morgan fingerprint density at radius 2 is 1.89 bits per heavy atom. The summed E-state index contributed by atoms with van der Waals surface area (Å²) in [6, 6.07) is 3.15. The van der Waals surface area contributed by atoms with E-state index >= 15 is 0 Å². The van der Waals surface area contributed by atoms with Gasteiger partial charge in [0.1, 0.15) is 6.10 Å². The summed E-state index contributed by atoms with van der Waals surface area (Å²) < 4.78 is 0. The highest BCUT2D eigenvalue weighted by Crippen LogP contribution is 2.29. The Morgan fingerprint density at radius 3 is 2.56 bits per heavy atom. The Morgan fingerprint density at radius 1 is 1.22 bits per heavy atom. The van der Waals surface area contributed by atoms with E-state index in [-0.39, 0.29) is 11.3 Å². The second-order valence-corrected chi connectivity index (χ2v) is 3.78. The Hall–Kier alpha value is -2.25. The largest absolute Gasteiger partial charge is 0.398 e. The molecule has 7 nitrogen and oxygen atoms in total. The number of nitrogens with two attached hydrogens (primary N) is 2. The quantitative estimate of drug-likeness (QED) is 0.519. The molecule has 0 aliphatic heterocycles. The number of benzene rings is 1. The summed E-state index contributed by atoms with van der Waals surface area (Å²) in [5.74, 6) is -1.04. The molecule has 0 saturated heterocycles. The van der Waals surface area contributed by atoms with E-state index in [1.807, 2.05) is 0 Å². The molecule has 7 heteroatoms. The lowest BCUT2D eigenvalue weighted by molar-refractivity contribution is -0.131. The van der Waals surface area contributed by atoms with E-state index in [2.05, 4.69) is 9.97 Å². The summed E-state index contributed by atoms with van der Waals surface area (Å²) >= 11 is 0. The van der Waals surface area contributed by atoms with Crippen LogP contribution in [0.15, 0.2) is 24.5 Å². The van der Waals surface area contributed by atoms with Gasteiger partial charge in [0.05, 0.1) is 11.0 Å². The second-order valence-electron chi connectivity index (χ2n) is 3.78. The van der Waals surface area contributed by atoms with Crippen LogP contribution < -0.4 is 11.5 Å². The highest BCUT2D eigenvalue weighted by atomic mass is 16.3. The monoisotopic (exact) mass is 248 g/mol. The van der Waals surface area contributed by atoms with Gasteiger partial charge in [0.25, 0.3) is 0 Å². The Kier molecular flexibility index (Phi) is 3.09. The summed E-state index contributed by atoms with van der Waals surface area (Å²) in [6.45, 7) is 0. The van der Waals surface area contributed by atoms with Crippen LogP contribution in [-0.4, -0.2) is 32.2 Å². The van der Waals surface area contributed by atoms with E-state index < -0.39 is 18.1 Å². The number of hydrogen-bond donors (Lipinski definition) is 4. The molecule has 1 amide bonds. The van der Waals surface area contributed by atoms with Crippen molar-refractivity contribution in [3.63, 3.8) is 0 Å². The van der Waals surface area contributed by atoms with Gasteiger partial charge in [-0.2, -0.15) is 0 Å². The molecule has 0 spiro atoms. The van der Waals surface area contributed by atoms with Crippen LogP contribution in [0.3, 0.4) is 0 Å². The third-order valence-electron chi connectivity index (χ3n) is 2.60. The van der Waals surface area contributed by atoms with Crippen molar-refractivity contribution in [1.82, 2.24) is 9.97 Å². The normalized spacial score (nSPS) is 14.3. The van der Waals surface area contributed by atoms with Crippen LogP contribution >= 0.6 is 0 Å². The predicted octanol–water partition coefficient (Wildman–Crippen LogP) is -0.908. The molecule has 94 valence electrons. The zero-order chi connectivity index (χ0) is 13.3. The smallest absolute Gasteiger partial charge is 0.249 e. The number of fused-ring (bicyclic) bond motifs is 1. The lowest BCUT2D eigenvalue weighted by Crippen LogP contribution is -2.34. The van der Waals surface area contributed by atoms with Crippen LogP contribution in [0.5, 0.6) is 0 Å². The predicted molar refractivity (Wildman–Crippen MR) is 64.1 cm³/mol. The number of aliphatic hydroxyl groups is 2. The molecule has 1 aromatic carbocycles. The second kappa shape index (κ2) is 4.55. The van der Waals surface area contributed by atoms with Gasteiger partial charge in [0, 0.05) is 23.6 Å². The Labute approximate surface area is 102 Å². The maximum Gasteiger partial charge on any atom is 0.249 e. The number of hydrogen-bond acceptors (Lipinski definition) is 6. The van der Waals surface area contributed by atoms with Gasteiger partial charge in [-0.15, -0.1) is 0 Å². The summed E-state index contributed by atoms with van der Waals surface area (Å²) in [4.78, 5) is 19.0. The lowest BCUT2D eigenvalue weighted by Gasteiger charge is -2.18. The van der Waals surface area contributed by atoms with Gasteiger partial charge in [-0.05, 0) is 12.1 Å². The van der Waals surface area contributed by atoms with Crippen LogP contribution in [0, 0.1) is 0 Å². The van der Waals surface area contributed by atoms with Crippen molar-refractivity contribution in [2.24, 2.45) is 5.73 Å². The molecule has 0 fully saturated rings. The van der Waals surface area contributed by atoms with Gasteiger partial charge in [-0.3, -0.25) is 14.8 Å². The number of amides is 1. The number of aliphatic hydroxyl groups excluding tert-OH is 2. The molecule has 0 aliphatic rings. The van der Waals surface area contributed by atoms with Crippen LogP contribution in [0.25, 0.3) is 11.0 Å². The molecule has 0 aliphatic carbocycles. The van der Waals surface area contributed by atoms with Gasteiger partial charge < -0.3 is 21.7 Å². The summed E-state index contributed by atoms with van der Waals surface area (Å²) in [5.41, 5.74) is 11.8. The van der Waals surface area contributed by atoms with Crippen molar-refractivity contribution < 1.29 is 15.0 Å². The number of primary amides is 1. The van der Waals surface area contributed by atoms with Crippen molar-refractivity contribution in [3.05, 3.63) is 30.1 Å². The third-order valence-corrected chi connectivity index (χ3v) is 2.60. The van der Waals surface area contributed by atoms with E-state index in [0.717, 1.165) is 0 Å². The first kappa shape index (κ1) is 12.2. The van der Waals surface area contributed by atoms with E-state index in [0.29, 0.717) is 11.0 Å². The number of anilines is 1. The third kappa shape index (κ3) is 1.96. The van der Waals surface area contributed by atoms with Gasteiger partial charge in [-0.1, -0.05) is 0 Å². The highest BCUT2D eigenvalue weighted by molar-refractivity contribution is 5.86. The summed E-state index contributed by atoms with van der Waals surface area (Å²) in [5, 5.41) is 19.4. The molecule has 2 rings (SSSR count). The number of carbonyl (C=O) groups excluding carboxylic acids is 1. The average molecular weight is 248 g/mol. The molecule has 2 unspecified atom stereocenters. The zero-order valence-electron chi connectivity index (χ0n) is 9.32. The molecule has 2 atom stereocenters. The van der Waals surface area contributed by atoms with E-state index in [4.69, 9.17) is 11.5 Å². The van der Waals surface area contributed by atoms with Gasteiger partial charge in [0.15, 0.2) is 6.10 Å². The molecule has 2 aromatic rings. The number of carbonyl (C=O) groups is 1. The first-order chi connectivity index (χ1) is 8.52. The zero-order valence-corrected chi connectivity index (χ0v) is 9.32. The minimum atomic E-state index is -1.75. The van der Waals surface area contributed by atoms with Crippen molar-refractivity contribution in [1.29, 1.82) is 0 Å². The standard InChI is InChI=1S/C11H12N4O3/c12-5-1-2-6-8(15-4-3-14-6)7(5)9(16)10(17)11(13)18/h1-4,9-10,16-17H,12H2,(H2,13,18). The minimum Gasteiger partial charge on any atom is -0.398 e. The average Bonchev–Trinajstić information content (AvgIpc) is 2.37. The number of aromatic nitrogens is 2. The van der Waals surface area contributed by atoms with E-state index in [1.54, 1.807) is 6.07 Å². The Bertz CT molecular complexity index is 602. The number of rotatable bonds is 3. The van der Waals surface area contributed by atoms with Crippen molar-refractivity contribution >= 4 is 22.6 Å². The van der Waals surface area contributed by atoms with Crippen LogP contribution in [0.4, 0.5) is 5.69 Å². The highest BCUT2D eigenvalue weighted by Gasteiger charge is 2.27. The number of nitrogen functional groups attached to an aromatic ring is 1. The molecule has 0 bridgehead atoms. The summed E-state index contributed by atoms with van der Waals surface area (Å²) in [7, 11) is 0. The fourth-order valence-electron chi connectivity index (χ4n) is 1.70. The van der Waals surface area contributed by atoms with E-state index in [1.165, 1.54) is 18.5 Å².